The van der Waals surface area contributed by atoms with Gasteiger partial charge in [-0.05, 0) is 19.8 Å². The molecule has 1 aromatic rings. The van der Waals surface area contributed by atoms with Gasteiger partial charge in [0.1, 0.15) is 0 Å². The van der Waals surface area contributed by atoms with Crippen LogP contribution < -0.4 is 11.1 Å². The average molecular weight is 196 g/mol. The zero-order valence-electron chi connectivity index (χ0n) is 7.86. The van der Waals surface area contributed by atoms with Gasteiger partial charge in [0.15, 0.2) is 5.82 Å². The van der Waals surface area contributed by atoms with Crippen molar-refractivity contribution in [3.05, 3.63) is 11.7 Å². The van der Waals surface area contributed by atoms with Crippen molar-refractivity contribution in [2.75, 3.05) is 0 Å². The second-order valence-corrected chi connectivity index (χ2v) is 3.49. The van der Waals surface area contributed by atoms with Gasteiger partial charge in [-0.3, -0.25) is 4.79 Å². The van der Waals surface area contributed by atoms with Gasteiger partial charge in [0, 0.05) is 6.04 Å². The Bertz CT molecular complexity index is 343. The summed E-state index contributed by atoms with van der Waals surface area (Å²) in [6, 6.07) is -0.0330. The molecule has 2 rings (SSSR count). The van der Waals surface area contributed by atoms with Crippen LogP contribution in [0.5, 0.6) is 0 Å². The number of aromatic nitrogens is 2. The number of nitrogens with one attached hydrogen (secondary N) is 1. The molecule has 1 atom stereocenters. The van der Waals surface area contributed by atoms with E-state index in [1.807, 2.05) is 0 Å². The number of carbonyl (C=O) groups excluding carboxylic acids is 1. The zero-order chi connectivity index (χ0) is 10.1. The van der Waals surface area contributed by atoms with Crippen LogP contribution in [0, 0.1) is 0 Å². The normalized spacial score (nSPS) is 17.9. The Morgan fingerprint density at radius 3 is 2.93 bits per heavy atom. The van der Waals surface area contributed by atoms with Gasteiger partial charge in [0.25, 0.3) is 0 Å². The molecule has 0 aliphatic heterocycles. The number of carbonyl (C=O) groups is 1. The van der Waals surface area contributed by atoms with Crippen molar-refractivity contribution in [1.82, 2.24) is 15.5 Å². The molecule has 6 nitrogen and oxygen atoms in total. The molecule has 1 aliphatic carbocycles. The lowest BCUT2D eigenvalue weighted by molar-refractivity contribution is 0.0907. The SMILES string of the molecule is CC(N)c1noc(C(=O)NC2CC2)n1. The van der Waals surface area contributed by atoms with Crippen LogP contribution in [0.1, 0.15) is 42.3 Å². The summed E-state index contributed by atoms with van der Waals surface area (Å²) in [5.41, 5.74) is 5.52. The number of hydrogen-bond donors (Lipinski definition) is 2. The summed E-state index contributed by atoms with van der Waals surface area (Å²) >= 11 is 0. The third kappa shape index (κ3) is 1.90. The summed E-state index contributed by atoms with van der Waals surface area (Å²) in [5.74, 6) is 0.0297. The van der Waals surface area contributed by atoms with E-state index in [-0.39, 0.29) is 23.9 Å². The number of hydrogen-bond acceptors (Lipinski definition) is 5. The molecule has 76 valence electrons. The van der Waals surface area contributed by atoms with Gasteiger partial charge >= 0.3 is 11.8 Å². The van der Waals surface area contributed by atoms with Crippen LogP contribution in [-0.2, 0) is 0 Å². The number of nitrogens with two attached hydrogens (primary N) is 1. The number of rotatable bonds is 3. The first kappa shape index (κ1) is 9.14. The molecule has 3 N–H and O–H groups in total. The summed E-state index contributed by atoms with van der Waals surface area (Å²) < 4.78 is 4.76. The van der Waals surface area contributed by atoms with E-state index in [0.29, 0.717) is 5.82 Å². The van der Waals surface area contributed by atoms with Gasteiger partial charge in [-0.25, -0.2) is 0 Å². The topological polar surface area (TPSA) is 94.0 Å². The van der Waals surface area contributed by atoms with Crippen LogP contribution in [0.2, 0.25) is 0 Å². The maximum atomic E-state index is 11.4. The predicted octanol–water partition coefficient (Wildman–Crippen LogP) is -0.0185. The minimum Gasteiger partial charge on any atom is -0.345 e. The molecule has 1 heterocycles. The van der Waals surface area contributed by atoms with Gasteiger partial charge in [-0.1, -0.05) is 5.16 Å². The second-order valence-electron chi connectivity index (χ2n) is 3.49. The van der Waals surface area contributed by atoms with E-state index in [0.717, 1.165) is 12.8 Å². The molecule has 1 aromatic heterocycles. The fourth-order valence-electron chi connectivity index (χ4n) is 0.987. The summed E-state index contributed by atoms with van der Waals surface area (Å²) in [6.45, 7) is 1.73. The third-order valence-corrected chi connectivity index (χ3v) is 1.96. The van der Waals surface area contributed by atoms with Crippen molar-refractivity contribution < 1.29 is 9.32 Å². The molecule has 0 bridgehead atoms. The Morgan fingerprint density at radius 2 is 2.43 bits per heavy atom. The van der Waals surface area contributed by atoms with Crippen LogP contribution in [0.3, 0.4) is 0 Å². The molecule has 14 heavy (non-hydrogen) atoms. The van der Waals surface area contributed by atoms with Gasteiger partial charge in [-0.15, -0.1) is 0 Å². The number of amides is 1. The smallest absolute Gasteiger partial charge is 0.316 e. The molecule has 0 saturated heterocycles. The summed E-state index contributed by atoms with van der Waals surface area (Å²) in [5, 5.41) is 6.34. The van der Waals surface area contributed by atoms with Crippen molar-refractivity contribution >= 4 is 5.91 Å². The number of nitrogens with zero attached hydrogens (tertiary/aromatic N) is 2. The van der Waals surface area contributed by atoms with Crippen molar-refractivity contribution in [2.45, 2.75) is 31.8 Å². The summed E-state index contributed by atoms with van der Waals surface area (Å²) in [4.78, 5) is 15.3. The molecule has 0 aromatic carbocycles. The van der Waals surface area contributed by atoms with Crippen molar-refractivity contribution in [3.63, 3.8) is 0 Å². The standard InChI is InChI=1S/C8H12N4O2/c1-4(9)6-11-8(14-12-6)7(13)10-5-2-3-5/h4-5H,2-3,9H2,1H3,(H,10,13). The molecule has 1 aliphatic rings. The third-order valence-electron chi connectivity index (χ3n) is 1.96. The van der Waals surface area contributed by atoms with E-state index in [1.54, 1.807) is 6.92 Å². The molecular weight excluding hydrogens is 184 g/mol. The van der Waals surface area contributed by atoms with Gasteiger partial charge in [0.05, 0.1) is 6.04 Å². The molecule has 6 heteroatoms. The fourth-order valence-corrected chi connectivity index (χ4v) is 0.987. The highest BCUT2D eigenvalue weighted by atomic mass is 16.5. The summed E-state index contributed by atoms with van der Waals surface area (Å²) in [7, 11) is 0. The largest absolute Gasteiger partial charge is 0.345 e. The molecule has 1 amide bonds. The highest BCUT2D eigenvalue weighted by Crippen LogP contribution is 2.19. The lowest BCUT2D eigenvalue weighted by atomic mass is 10.3. The van der Waals surface area contributed by atoms with Gasteiger partial charge < -0.3 is 15.6 Å². The first-order chi connectivity index (χ1) is 6.66. The molecule has 1 fully saturated rings. The second kappa shape index (κ2) is 3.38. The Balaban J connectivity index is 2.03. The molecule has 1 unspecified atom stereocenters. The molecule has 1 saturated carbocycles. The van der Waals surface area contributed by atoms with E-state index in [4.69, 9.17) is 10.3 Å². The zero-order valence-corrected chi connectivity index (χ0v) is 7.86. The van der Waals surface area contributed by atoms with Crippen LogP contribution >= 0.6 is 0 Å². The minimum atomic E-state index is -0.318. The van der Waals surface area contributed by atoms with E-state index < -0.39 is 0 Å². The highest BCUT2D eigenvalue weighted by Gasteiger charge is 2.26. The monoisotopic (exact) mass is 196 g/mol. The van der Waals surface area contributed by atoms with E-state index in [2.05, 4.69) is 15.5 Å². The van der Waals surface area contributed by atoms with Crippen LogP contribution in [0.25, 0.3) is 0 Å². The lowest BCUT2D eigenvalue weighted by Crippen LogP contribution is -2.25. The van der Waals surface area contributed by atoms with Crippen LogP contribution in [0.4, 0.5) is 0 Å². The maximum absolute atomic E-state index is 11.4. The molecular formula is C8H12N4O2. The van der Waals surface area contributed by atoms with Crippen molar-refractivity contribution in [3.8, 4) is 0 Å². The van der Waals surface area contributed by atoms with Crippen LogP contribution in [-0.4, -0.2) is 22.1 Å². The fraction of sp³-hybridized carbons (Fsp3) is 0.625. The minimum absolute atomic E-state index is 0.0100. The van der Waals surface area contributed by atoms with E-state index in [1.165, 1.54) is 0 Å². The van der Waals surface area contributed by atoms with Crippen LogP contribution in [0.15, 0.2) is 4.52 Å². The lowest BCUT2D eigenvalue weighted by Gasteiger charge is -1.96. The molecule has 0 spiro atoms. The summed E-state index contributed by atoms with van der Waals surface area (Å²) in [6.07, 6.45) is 2.06. The predicted molar refractivity (Wildman–Crippen MR) is 47.4 cm³/mol. The first-order valence-corrected chi connectivity index (χ1v) is 4.57. The van der Waals surface area contributed by atoms with Gasteiger partial charge in [0.2, 0.25) is 0 Å². The Morgan fingerprint density at radius 1 is 1.71 bits per heavy atom. The average Bonchev–Trinajstić information content (AvgIpc) is 2.81. The van der Waals surface area contributed by atoms with E-state index >= 15 is 0 Å². The van der Waals surface area contributed by atoms with Gasteiger partial charge in [-0.2, -0.15) is 4.98 Å². The quantitative estimate of drug-likeness (QED) is 0.708. The van der Waals surface area contributed by atoms with Crippen molar-refractivity contribution in [2.24, 2.45) is 5.73 Å². The Kier molecular flexibility index (Phi) is 2.20. The maximum Gasteiger partial charge on any atom is 0.316 e. The van der Waals surface area contributed by atoms with E-state index in [9.17, 15) is 4.79 Å². The first-order valence-electron chi connectivity index (χ1n) is 4.57. The highest BCUT2D eigenvalue weighted by molar-refractivity contribution is 5.89. The Hall–Kier alpha value is -1.43. The molecule has 0 radical (unpaired) electrons. The Labute approximate surface area is 80.9 Å². The van der Waals surface area contributed by atoms with Crippen molar-refractivity contribution in [1.29, 1.82) is 0 Å².